The molecule has 0 radical (unpaired) electrons. The first-order chi connectivity index (χ1) is 12.7. The van der Waals surface area contributed by atoms with E-state index >= 15 is 0 Å². The fourth-order valence-corrected chi connectivity index (χ4v) is 2.16. The van der Waals surface area contributed by atoms with Crippen molar-refractivity contribution in [1.29, 1.82) is 0 Å². The average Bonchev–Trinajstić information content (AvgIpc) is 2.66. The van der Waals surface area contributed by atoms with E-state index in [9.17, 15) is 4.39 Å². The van der Waals surface area contributed by atoms with Crippen LogP contribution in [-0.2, 0) is 11.3 Å². The van der Waals surface area contributed by atoms with Crippen molar-refractivity contribution in [2.45, 2.75) is 20.4 Å². The Morgan fingerprint density at radius 3 is 2.81 bits per heavy atom. The Morgan fingerprint density at radius 2 is 2.12 bits per heavy atom. The van der Waals surface area contributed by atoms with Crippen molar-refractivity contribution in [3.05, 3.63) is 54.1 Å². The van der Waals surface area contributed by atoms with Crippen molar-refractivity contribution < 1.29 is 13.9 Å². The molecule has 1 aromatic carbocycles. The van der Waals surface area contributed by atoms with Crippen molar-refractivity contribution in [3.8, 4) is 11.5 Å². The molecule has 2 aromatic rings. The molecule has 2 N–H and O–H groups in total. The maximum atomic E-state index is 14.3. The molecule has 0 atom stereocenters. The van der Waals surface area contributed by atoms with Gasteiger partial charge >= 0.3 is 0 Å². The second-order valence-electron chi connectivity index (χ2n) is 5.37. The van der Waals surface area contributed by atoms with Crippen LogP contribution >= 0.6 is 0 Å². The minimum atomic E-state index is -0.434. The Hall–Kier alpha value is -2.67. The fraction of sp³-hybridized carbons (Fsp3) is 0.368. The summed E-state index contributed by atoms with van der Waals surface area (Å²) in [5.41, 5.74) is 0.753. The Bertz CT molecular complexity index is 695. The van der Waals surface area contributed by atoms with Crippen molar-refractivity contribution in [2.24, 2.45) is 4.99 Å². The van der Waals surface area contributed by atoms with Crippen molar-refractivity contribution in [1.82, 2.24) is 15.6 Å². The number of hydrogen-bond donors (Lipinski definition) is 2. The molecule has 0 aliphatic heterocycles. The maximum Gasteiger partial charge on any atom is 0.191 e. The number of ether oxygens (including phenoxy) is 2. The normalized spacial score (nSPS) is 11.3. The lowest BCUT2D eigenvalue weighted by atomic mass is 10.2. The molecule has 0 aliphatic carbocycles. The Balaban J connectivity index is 1.96. The van der Waals surface area contributed by atoms with Gasteiger partial charge in [-0.25, -0.2) is 9.38 Å². The van der Waals surface area contributed by atoms with Gasteiger partial charge in [0.25, 0.3) is 0 Å². The third-order valence-electron chi connectivity index (χ3n) is 3.37. The van der Waals surface area contributed by atoms with Crippen LogP contribution in [-0.4, -0.2) is 37.2 Å². The number of guanidine groups is 1. The van der Waals surface area contributed by atoms with E-state index in [1.165, 1.54) is 12.3 Å². The number of nitrogens with zero attached hydrogens (tertiary/aromatic N) is 2. The van der Waals surface area contributed by atoms with Gasteiger partial charge in [0, 0.05) is 25.9 Å². The Kier molecular flexibility index (Phi) is 8.35. The topological polar surface area (TPSA) is 67.8 Å². The number of benzene rings is 1. The largest absolute Gasteiger partial charge is 0.453 e. The van der Waals surface area contributed by atoms with Gasteiger partial charge in [0.05, 0.1) is 19.3 Å². The summed E-state index contributed by atoms with van der Waals surface area (Å²) in [6, 6.07) is 8.28. The first kappa shape index (κ1) is 19.7. The highest BCUT2D eigenvalue weighted by Crippen LogP contribution is 2.24. The molecule has 7 heteroatoms. The lowest BCUT2D eigenvalue weighted by Gasteiger charge is -2.11. The van der Waals surface area contributed by atoms with Crippen LogP contribution < -0.4 is 15.4 Å². The summed E-state index contributed by atoms with van der Waals surface area (Å²) in [7, 11) is 0. The summed E-state index contributed by atoms with van der Waals surface area (Å²) in [5, 5.41) is 6.32. The zero-order valence-corrected chi connectivity index (χ0v) is 15.2. The number of aromatic nitrogens is 1. The van der Waals surface area contributed by atoms with E-state index in [-0.39, 0.29) is 5.75 Å². The van der Waals surface area contributed by atoms with Gasteiger partial charge < -0.3 is 20.1 Å². The van der Waals surface area contributed by atoms with Crippen molar-refractivity contribution in [2.75, 3.05) is 26.3 Å². The molecule has 0 aliphatic rings. The minimum absolute atomic E-state index is 0.160. The highest BCUT2D eigenvalue weighted by atomic mass is 19.1. The minimum Gasteiger partial charge on any atom is -0.453 e. The predicted octanol–water partition coefficient (Wildman–Crippen LogP) is 3.10. The van der Waals surface area contributed by atoms with Crippen LogP contribution in [0.2, 0.25) is 0 Å². The van der Waals surface area contributed by atoms with E-state index in [4.69, 9.17) is 9.47 Å². The zero-order valence-electron chi connectivity index (χ0n) is 15.2. The summed E-state index contributed by atoms with van der Waals surface area (Å²) < 4.78 is 25.0. The molecule has 1 heterocycles. The molecule has 2 rings (SSSR count). The molecule has 0 amide bonds. The van der Waals surface area contributed by atoms with Gasteiger partial charge in [-0.1, -0.05) is 6.07 Å². The van der Waals surface area contributed by atoms with E-state index in [0.29, 0.717) is 38.0 Å². The van der Waals surface area contributed by atoms with Crippen molar-refractivity contribution >= 4 is 5.96 Å². The van der Waals surface area contributed by atoms with Gasteiger partial charge in [-0.2, -0.15) is 0 Å². The number of hydrogen-bond acceptors (Lipinski definition) is 4. The summed E-state index contributed by atoms with van der Waals surface area (Å²) in [5.74, 6) is 0.886. The molecule has 0 fully saturated rings. The summed E-state index contributed by atoms with van der Waals surface area (Å²) >= 11 is 0. The van der Waals surface area contributed by atoms with E-state index in [1.54, 1.807) is 30.5 Å². The zero-order chi connectivity index (χ0) is 18.6. The molecule has 140 valence electrons. The van der Waals surface area contributed by atoms with Crippen LogP contribution in [0.4, 0.5) is 4.39 Å². The quantitative estimate of drug-likeness (QED) is 0.409. The smallest absolute Gasteiger partial charge is 0.191 e. The Morgan fingerprint density at radius 1 is 1.23 bits per heavy atom. The predicted molar refractivity (Wildman–Crippen MR) is 100 cm³/mol. The molecule has 0 spiro atoms. The Labute approximate surface area is 153 Å². The monoisotopic (exact) mass is 360 g/mol. The number of nitrogens with one attached hydrogen (secondary N) is 2. The van der Waals surface area contributed by atoms with Gasteiger partial charge in [0.15, 0.2) is 17.5 Å². The third kappa shape index (κ3) is 6.68. The lowest BCUT2D eigenvalue weighted by Crippen LogP contribution is -2.39. The number of aliphatic imine (C=N–C) groups is 1. The van der Waals surface area contributed by atoms with E-state index in [1.807, 2.05) is 13.8 Å². The van der Waals surface area contributed by atoms with Crippen LogP contribution in [0.1, 0.15) is 19.4 Å². The van der Waals surface area contributed by atoms with Gasteiger partial charge in [-0.05, 0) is 43.7 Å². The van der Waals surface area contributed by atoms with Crippen LogP contribution in [0.25, 0.3) is 0 Å². The maximum absolute atomic E-state index is 14.3. The SMILES string of the molecule is CCNC(=NCc1ccc(Oc2cccnc2)c(F)c1)NCCOCC. The molecule has 0 saturated heterocycles. The summed E-state index contributed by atoms with van der Waals surface area (Å²) in [6.45, 7) is 6.99. The number of pyridine rings is 1. The second kappa shape index (κ2) is 11.0. The van der Waals surface area contributed by atoms with E-state index in [0.717, 1.165) is 12.1 Å². The second-order valence-corrected chi connectivity index (χ2v) is 5.37. The van der Waals surface area contributed by atoms with Crippen LogP contribution in [0.5, 0.6) is 11.5 Å². The van der Waals surface area contributed by atoms with Gasteiger partial charge in [0.1, 0.15) is 5.75 Å². The number of rotatable bonds is 9. The third-order valence-corrected chi connectivity index (χ3v) is 3.37. The van der Waals surface area contributed by atoms with E-state index < -0.39 is 5.82 Å². The standard InChI is InChI=1S/C19H25FN4O2/c1-3-22-19(23-10-11-25-4-2)24-13-15-7-8-18(17(20)12-15)26-16-6-5-9-21-14-16/h5-9,12,14H,3-4,10-11,13H2,1-2H3,(H2,22,23,24). The molecule has 0 saturated carbocycles. The molecule has 0 unspecified atom stereocenters. The first-order valence-electron chi connectivity index (χ1n) is 8.69. The molecular formula is C19H25FN4O2. The van der Waals surface area contributed by atoms with Crippen molar-refractivity contribution in [3.63, 3.8) is 0 Å². The van der Waals surface area contributed by atoms with E-state index in [2.05, 4.69) is 20.6 Å². The van der Waals surface area contributed by atoms with Crippen LogP contribution in [0.15, 0.2) is 47.7 Å². The number of halogens is 1. The van der Waals surface area contributed by atoms with Gasteiger partial charge in [-0.3, -0.25) is 4.98 Å². The molecular weight excluding hydrogens is 335 g/mol. The first-order valence-corrected chi connectivity index (χ1v) is 8.69. The van der Waals surface area contributed by atoms with Gasteiger partial charge in [0.2, 0.25) is 0 Å². The van der Waals surface area contributed by atoms with Gasteiger partial charge in [-0.15, -0.1) is 0 Å². The highest BCUT2D eigenvalue weighted by molar-refractivity contribution is 5.79. The molecule has 1 aromatic heterocycles. The summed E-state index contributed by atoms with van der Waals surface area (Å²) in [4.78, 5) is 8.40. The molecule has 0 bridgehead atoms. The average molecular weight is 360 g/mol. The van der Waals surface area contributed by atoms with Crippen LogP contribution in [0, 0.1) is 5.82 Å². The van der Waals surface area contributed by atoms with Crippen LogP contribution in [0.3, 0.4) is 0 Å². The molecule has 26 heavy (non-hydrogen) atoms. The summed E-state index contributed by atoms with van der Waals surface area (Å²) in [6.07, 6.45) is 3.17. The molecule has 6 nitrogen and oxygen atoms in total. The fourth-order valence-electron chi connectivity index (χ4n) is 2.16. The highest BCUT2D eigenvalue weighted by Gasteiger charge is 2.06. The lowest BCUT2D eigenvalue weighted by molar-refractivity contribution is 0.152.